The highest BCUT2D eigenvalue weighted by Gasteiger charge is 2.12. The summed E-state index contributed by atoms with van der Waals surface area (Å²) in [4.78, 5) is 12.3. The maximum Gasteiger partial charge on any atom is 0.230 e. The van der Waals surface area contributed by atoms with E-state index in [1.54, 1.807) is 26.0 Å². The van der Waals surface area contributed by atoms with Gasteiger partial charge in [0.1, 0.15) is 0 Å². The van der Waals surface area contributed by atoms with Crippen LogP contribution < -0.4 is 14.8 Å². The molecule has 0 aliphatic heterocycles. The molecule has 2 rings (SSSR count). The third kappa shape index (κ3) is 5.93. The number of thioether (sulfide) groups is 1. The zero-order valence-corrected chi connectivity index (χ0v) is 17.6. The van der Waals surface area contributed by atoms with Crippen LogP contribution in [0.4, 0.5) is 0 Å². The fourth-order valence-electron chi connectivity index (χ4n) is 2.84. The molecule has 0 saturated carbocycles. The van der Waals surface area contributed by atoms with Crippen molar-refractivity contribution in [2.24, 2.45) is 0 Å². The largest absolute Gasteiger partial charge is 0.493 e. The number of rotatable bonds is 9. The summed E-state index contributed by atoms with van der Waals surface area (Å²) >= 11 is 1.60. The lowest BCUT2D eigenvalue weighted by molar-refractivity contribution is -0.119. The molecule has 2 aromatic carbocycles. The van der Waals surface area contributed by atoms with Gasteiger partial charge in [0.05, 0.1) is 26.0 Å². The van der Waals surface area contributed by atoms with E-state index in [4.69, 9.17) is 9.47 Å². The molecule has 0 aliphatic rings. The van der Waals surface area contributed by atoms with Crippen LogP contribution in [0.5, 0.6) is 11.5 Å². The monoisotopic (exact) mass is 387 g/mol. The molecule has 0 fully saturated rings. The Bertz CT molecular complexity index is 759. The molecular formula is C22H29NO3S. The molecule has 27 heavy (non-hydrogen) atoms. The maximum atomic E-state index is 12.3. The van der Waals surface area contributed by atoms with Gasteiger partial charge in [-0.15, -0.1) is 11.8 Å². The summed E-state index contributed by atoms with van der Waals surface area (Å²) < 4.78 is 10.7. The number of methoxy groups -OCH3 is 2. The van der Waals surface area contributed by atoms with Gasteiger partial charge in [-0.3, -0.25) is 4.79 Å². The molecule has 0 unspecified atom stereocenters. The Hall–Kier alpha value is -2.14. The Labute approximate surface area is 166 Å². The second-order valence-electron chi connectivity index (χ2n) is 6.51. The minimum atomic E-state index is 0.00632. The predicted octanol–water partition coefficient (Wildman–Crippen LogP) is 4.69. The molecule has 5 heteroatoms. The molecule has 1 amide bonds. The molecule has 0 heterocycles. The second-order valence-corrected chi connectivity index (χ2v) is 7.50. The summed E-state index contributed by atoms with van der Waals surface area (Å²) in [7, 11) is 3.26. The molecule has 146 valence electrons. The van der Waals surface area contributed by atoms with E-state index >= 15 is 0 Å². The first-order chi connectivity index (χ1) is 13.0. The number of amides is 1. The van der Waals surface area contributed by atoms with Crippen LogP contribution in [0, 0.1) is 6.92 Å². The van der Waals surface area contributed by atoms with Gasteiger partial charge in [0.15, 0.2) is 11.5 Å². The van der Waals surface area contributed by atoms with Gasteiger partial charge in [-0.05, 0) is 54.7 Å². The lowest BCUT2D eigenvalue weighted by atomic mass is 10.1. The first-order valence-corrected chi connectivity index (χ1v) is 10.3. The van der Waals surface area contributed by atoms with E-state index in [9.17, 15) is 4.79 Å². The van der Waals surface area contributed by atoms with E-state index in [1.165, 1.54) is 5.56 Å². The van der Waals surface area contributed by atoms with Gasteiger partial charge in [-0.2, -0.15) is 0 Å². The molecule has 4 nitrogen and oxygen atoms in total. The number of hydrogen-bond donors (Lipinski definition) is 1. The highest BCUT2D eigenvalue weighted by molar-refractivity contribution is 7.99. The van der Waals surface area contributed by atoms with Crippen LogP contribution in [-0.4, -0.2) is 25.9 Å². The normalized spacial score (nSPS) is 11.7. The number of aryl methyl sites for hydroxylation is 2. The SMILES string of the molecule is CCc1ccc([C@@H](C)NC(=O)CSCc2cc(OC)c(OC)cc2C)cc1. The number of ether oxygens (including phenoxy) is 2. The van der Waals surface area contributed by atoms with Crippen molar-refractivity contribution < 1.29 is 14.3 Å². The van der Waals surface area contributed by atoms with Gasteiger partial charge in [0.25, 0.3) is 0 Å². The summed E-state index contributed by atoms with van der Waals surface area (Å²) in [5, 5.41) is 3.07. The molecule has 0 aliphatic carbocycles. The number of carbonyl (C=O) groups excluding carboxylic acids is 1. The minimum Gasteiger partial charge on any atom is -0.493 e. The average molecular weight is 388 g/mol. The standard InChI is InChI=1S/C22H29NO3S/c1-6-17-7-9-18(10-8-17)16(3)23-22(24)14-27-13-19-12-21(26-5)20(25-4)11-15(19)2/h7-12,16H,6,13-14H2,1-5H3,(H,23,24)/t16-/m1/s1. The molecule has 1 atom stereocenters. The third-order valence-corrected chi connectivity index (χ3v) is 5.58. The molecule has 2 aromatic rings. The highest BCUT2D eigenvalue weighted by Crippen LogP contribution is 2.31. The van der Waals surface area contributed by atoms with Gasteiger partial charge in [0.2, 0.25) is 5.91 Å². The van der Waals surface area contributed by atoms with Crippen LogP contribution in [0.1, 0.15) is 42.1 Å². The summed E-state index contributed by atoms with van der Waals surface area (Å²) in [6.07, 6.45) is 1.02. The minimum absolute atomic E-state index is 0.00632. The van der Waals surface area contributed by atoms with Gasteiger partial charge in [-0.25, -0.2) is 0 Å². The number of hydrogen-bond acceptors (Lipinski definition) is 4. The van der Waals surface area contributed by atoms with Crippen molar-refractivity contribution in [3.8, 4) is 11.5 Å². The summed E-state index contributed by atoms with van der Waals surface area (Å²) in [6, 6.07) is 12.4. The molecule has 0 radical (unpaired) electrons. The lowest BCUT2D eigenvalue weighted by Crippen LogP contribution is -2.28. The first kappa shape index (κ1) is 21.2. The fourth-order valence-corrected chi connectivity index (χ4v) is 3.74. The summed E-state index contributed by atoms with van der Waals surface area (Å²) in [5.41, 5.74) is 4.71. The highest BCUT2D eigenvalue weighted by atomic mass is 32.2. The van der Waals surface area contributed by atoms with E-state index in [1.807, 2.05) is 26.0 Å². The zero-order chi connectivity index (χ0) is 19.8. The van der Waals surface area contributed by atoms with E-state index < -0.39 is 0 Å². The van der Waals surface area contributed by atoms with Crippen molar-refractivity contribution in [2.45, 2.75) is 39.0 Å². The van der Waals surface area contributed by atoms with E-state index in [2.05, 4.69) is 36.5 Å². The maximum absolute atomic E-state index is 12.3. The number of nitrogens with one attached hydrogen (secondary N) is 1. The summed E-state index contributed by atoms with van der Waals surface area (Å²) in [5.74, 6) is 2.66. The first-order valence-electron chi connectivity index (χ1n) is 9.15. The fraction of sp³-hybridized carbons (Fsp3) is 0.409. The molecule has 0 spiro atoms. The van der Waals surface area contributed by atoms with Crippen molar-refractivity contribution in [1.82, 2.24) is 5.32 Å². The smallest absolute Gasteiger partial charge is 0.230 e. The van der Waals surface area contributed by atoms with E-state index in [-0.39, 0.29) is 11.9 Å². The Balaban J connectivity index is 1.86. The van der Waals surface area contributed by atoms with E-state index in [0.29, 0.717) is 11.5 Å². The Morgan fingerprint density at radius 2 is 1.74 bits per heavy atom. The number of benzene rings is 2. The average Bonchev–Trinajstić information content (AvgIpc) is 2.68. The van der Waals surface area contributed by atoms with Gasteiger partial charge in [-0.1, -0.05) is 31.2 Å². The number of carbonyl (C=O) groups is 1. The molecule has 0 bridgehead atoms. The van der Waals surface area contributed by atoms with Crippen molar-refractivity contribution in [3.63, 3.8) is 0 Å². The van der Waals surface area contributed by atoms with Gasteiger partial charge in [0, 0.05) is 5.75 Å². The topological polar surface area (TPSA) is 47.6 Å². The summed E-state index contributed by atoms with van der Waals surface area (Å²) in [6.45, 7) is 6.19. The molecular weight excluding hydrogens is 358 g/mol. The van der Waals surface area contributed by atoms with Crippen LogP contribution in [-0.2, 0) is 17.0 Å². The van der Waals surface area contributed by atoms with Crippen LogP contribution in [0.15, 0.2) is 36.4 Å². The van der Waals surface area contributed by atoms with Crippen LogP contribution in [0.25, 0.3) is 0 Å². The molecule has 0 aromatic heterocycles. The van der Waals surface area contributed by atoms with Gasteiger partial charge < -0.3 is 14.8 Å². The zero-order valence-electron chi connectivity index (χ0n) is 16.8. The van der Waals surface area contributed by atoms with Crippen LogP contribution >= 0.6 is 11.8 Å². The van der Waals surface area contributed by atoms with Crippen molar-refractivity contribution in [3.05, 3.63) is 58.7 Å². The van der Waals surface area contributed by atoms with Gasteiger partial charge >= 0.3 is 0 Å². The second kappa shape index (κ2) is 10.3. The Kier molecular flexibility index (Phi) is 8.04. The molecule has 0 saturated heterocycles. The predicted molar refractivity (Wildman–Crippen MR) is 113 cm³/mol. The van der Waals surface area contributed by atoms with Crippen molar-refractivity contribution in [1.29, 1.82) is 0 Å². The lowest BCUT2D eigenvalue weighted by Gasteiger charge is -2.15. The van der Waals surface area contributed by atoms with Crippen LogP contribution in [0.2, 0.25) is 0 Å². The Morgan fingerprint density at radius 1 is 1.11 bits per heavy atom. The van der Waals surface area contributed by atoms with Crippen molar-refractivity contribution >= 4 is 17.7 Å². The molecule has 1 N–H and O–H groups in total. The van der Waals surface area contributed by atoms with Crippen LogP contribution in [0.3, 0.4) is 0 Å². The quantitative estimate of drug-likeness (QED) is 0.678. The Morgan fingerprint density at radius 3 is 2.33 bits per heavy atom. The third-order valence-electron chi connectivity index (χ3n) is 4.60. The van der Waals surface area contributed by atoms with Crippen molar-refractivity contribution in [2.75, 3.05) is 20.0 Å². The van der Waals surface area contributed by atoms with E-state index in [0.717, 1.165) is 34.6 Å².